The highest BCUT2D eigenvalue weighted by atomic mass is 16.3. The Balaban J connectivity index is 1.52. The van der Waals surface area contributed by atoms with Gasteiger partial charge in [0, 0.05) is 17.4 Å². The van der Waals surface area contributed by atoms with E-state index in [1.807, 2.05) is 12.1 Å². The van der Waals surface area contributed by atoms with Crippen molar-refractivity contribution in [2.24, 2.45) is 28.6 Å². The molecule has 26 heavy (non-hydrogen) atoms. The molecular weight excluding hydrogens is 324 g/mol. The second kappa shape index (κ2) is 5.31. The molecule has 0 unspecified atom stereocenters. The number of allylic oxidation sites excluding steroid dienone is 4. The fourth-order valence-corrected chi connectivity index (χ4v) is 7.00. The van der Waals surface area contributed by atoms with Gasteiger partial charge in [-0.25, -0.2) is 0 Å². The maximum Gasteiger partial charge on any atom is 0.178 e. The van der Waals surface area contributed by atoms with Gasteiger partial charge in [-0.05, 0) is 67.1 Å². The molecule has 4 aliphatic carbocycles. The predicted molar refractivity (Wildman–Crippen MR) is 98.5 cm³/mol. The Morgan fingerprint density at radius 1 is 1.15 bits per heavy atom. The van der Waals surface area contributed by atoms with E-state index < -0.39 is 0 Å². The molecule has 3 fully saturated rings. The summed E-state index contributed by atoms with van der Waals surface area (Å²) in [6, 6.07) is 1.97. The van der Waals surface area contributed by atoms with Gasteiger partial charge in [-0.15, -0.1) is 0 Å². The van der Waals surface area contributed by atoms with Crippen LogP contribution in [0.15, 0.2) is 46.8 Å². The minimum absolute atomic E-state index is 0.00503. The second-order valence-corrected chi connectivity index (χ2v) is 9.31. The fourth-order valence-electron chi connectivity index (χ4n) is 7.00. The maximum absolute atomic E-state index is 13.0. The van der Waals surface area contributed by atoms with Crippen molar-refractivity contribution in [3.05, 3.63) is 48.0 Å². The van der Waals surface area contributed by atoms with E-state index in [1.165, 1.54) is 5.57 Å². The van der Waals surface area contributed by atoms with Crippen LogP contribution < -0.4 is 0 Å². The van der Waals surface area contributed by atoms with Gasteiger partial charge in [0.25, 0.3) is 0 Å². The van der Waals surface area contributed by atoms with Gasteiger partial charge in [-0.1, -0.05) is 25.5 Å². The minimum atomic E-state index is -0.0135. The van der Waals surface area contributed by atoms with E-state index in [-0.39, 0.29) is 22.5 Å². The Bertz CT molecular complexity index is 830. The molecule has 1 aromatic heterocycles. The first-order valence-corrected chi connectivity index (χ1v) is 9.92. The first-order chi connectivity index (χ1) is 12.4. The quantitative estimate of drug-likeness (QED) is 0.727. The van der Waals surface area contributed by atoms with Gasteiger partial charge in [0.2, 0.25) is 0 Å². The summed E-state index contributed by atoms with van der Waals surface area (Å²) in [5.41, 5.74) is 2.40. The van der Waals surface area contributed by atoms with Crippen LogP contribution in [0.1, 0.15) is 57.4 Å². The standard InChI is InChI=1S/C23H26O3/c1-22-8-5-16(24)11-15(22)3-4-17-18(22)6-9-23(2)19(17)12-20(25)21(23)14-7-10-26-13-14/h5,7-8,10-11,13,17-19,21H,3-4,6,9,12H2,1-2H3/t17-,18+,19+,21-,22+,23+/m1/s1. The van der Waals surface area contributed by atoms with Gasteiger partial charge in [0.15, 0.2) is 5.78 Å². The third kappa shape index (κ3) is 2.00. The fraction of sp³-hybridized carbons (Fsp3) is 0.565. The van der Waals surface area contributed by atoms with Crippen molar-refractivity contribution in [3.63, 3.8) is 0 Å². The van der Waals surface area contributed by atoms with Crippen LogP contribution in [0.2, 0.25) is 0 Å². The van der Waals surface area contributed by atoms with Crippen molar-refractivity contribution in [2.45, 2.75) is 51.9 Å². The number of furan rings is 1. The average molecular weight is 350 g/mol. The topological polar surface area (TPSA) is 47.3 Å². The van der Waals surface area contributed by atoms with Crippen molar-refractivity contribution in [1.82, 2.24) is 0 Å². The smallest absolute Gasteiger partial charge is 0.178 e. The highest BCUT2D eigenvalue weighted by Gasteiger charge is 2.61. The van der Waals surface area contributed by atoms with E-state index in [0.29, 0.717) is 30.0 Å². The Hall–Kier alpha value is -1.90. The highest BCUT2D eigenvalue weighted by molar-refractivity contribution is 6.01. The number of rotatable bonds is 1. The van der Waals surface area contributed by atoms with Gasteiger partial charge in [-0.2, -0.15) is 0 Å². The molecule has 0 bridgehead atoms. The second-order valence-electron chi connectivity index (χ2n) is 9.31. The lowest BCUT2D eigenvalue weighted by molar-refractivity contribution is -0.119. The molecule has 3 heteroatoms. The number of hydrogen-bond donors (Lipinski definition) is 0. The normalized spacial score (nSPS) is 44.3. The summed E-state index contributed by atoms with van der Waals surface area (Å²) in [7, 11) is 0. The summed E-state index contributed by atoms with van der Waals surface area (Å²) >= 11 is 0. The summed E-state index contributed by atoms with van der Waals surface area (Å²) in [5, 5.41) is 0. The Morgan fingerprint density at radius 3 is 2.77 bits per heavy atom. The first kappa shape index (κ1) is 16.3. The summed E-state index contributed by atoms with van der Waals surface area (Å²) < 4.78 is 5.30. The molecule has 6 atom stereocenters. The van der Waals surface area contributed by atoms with Crippen molar-refractivity contribution in [2.75, 3.05) is 0 Å². The van der Waals surface area contributed by atoms with Crippen molar-refractivity contribution in [3.8, 4) is 0 Å². The highest BCUT2D eigenvalue weighted by Crippen LogP contribution is 2.66. The van der Waals surface area contributed by atoms with Gasteiger partial charge in [0.05, 0.1) is 18.4 Å². The van der Waals surface area contributed by atoms with E-state index in [1.54, 1.807) is 18.6 Å². The number of hydrogen-bond acceptors (Lipinski definition) is 3. The first-order valence-electron chi connectivity index (χ1n) is 9.92. The van der Waals surface area contributed by atoms with Crippen LogP contribution in [0.5, 0.6) is 0 Å². The molecule has 5 rings (SSSR count). The molecule has 1 heterocycles. The van der Waals surface area contributed by atoms with Crippen LogP contribution >= 0.6 is 0 Å². The summed E-state index contributed by atoms with van der Waals surface area (Å²) in [4.78, 5) is 24.9. The van der Waals surface area contributed by atoms with Crippen LogP contribution in [0.4, 0.5) is 0 Å². The third-order valence-corrected chi connectivity index (χ3v) is 8.27. The molecule has 4 aliphatic rings. The molecule has 3 saturated carbocycles. The zero-order valence-corrected chi connectivity index (χ0v) is 15.5. The third-order valence-electron chi connectivity index (χ3n) is 8.27. The average Bonchev–Trinajstić information content (AvgIpc) is 3.20. The zero-order chi connectivity index (χ0) is 18.1. The van der Waals surface area contributed by atoms with E-state index in [0.717, 1.165) is 31.2 Å². The van der Waals surface area contributed by atoms with Crippen molar-refractivity contribution in [1.29, 1.82) is 0 Å². The van der Waals surface area contributed by atoms with E-state index >= 15 is 0 Å². The predicted octanol–water partition coefficient (Wildman–Crippen LogP) is 4.85. The molecule has 0 spiro atoms. The van der Waals surface area contributed by atoms with Gasteiger partial charge < -0.3 is 4.42 Å². The lowest BCUT2D eigenvalue weighted by Gasteiger charge is -2.56. The van der Waals surface area contributed by atoms with E-state index in [9.17, 15) is 9.59 Å². The number of carbonyl (C=O) groups is 2. The summed E-state index contributed by atoms with van der Waals surface area (Å²) in [6.07, 6.45) is 14.3. The molecule has 3 nitrogen and oxygen atoms in total. The van der Waals surface area contributed by atoms with Gasteiger partial charge in [0.1, 0.15) is 5.78 Å². The molecule has 0 aliphatic heterocycles. The number of ketones is 2. The zero-order valence-electron chi connectivity index (χ0n) is 15.5. The summed E-state index contributed by atoms with van der Waals surface area (Å²) in [6.45, 7) is 4.65. The summed E-state index contributed by atoms with van der Waals surface area (Å²) in [5.74, 6) is 2.06. The SMILES string of the molecule is C[C@]12CC[C@H]3[C@@H](CCC4=CC(=O)C=C[C@@]43C)[C@@H]1CC(=O)[C@H]2c1ccoc1. The monoisotopic (exact) mass is 350 g/mol. The van der Waals surface area contributed by atoms with E-state index in [2.05, 4.69) is 19.9 Å². The molecular formula is C23H26O3. The van der Waals surface area contributed by atoms with Crippen LogP contribution in [-0.2, 0) is 9.59 Å². The minimum Gasteiger partial charge on any atom is -0.472 e. The Kier molecular flexibility index (Phi) is 3.33. The van der Waals surface area contributed by atoms with Crippen LogP contribution in [0.3, 0.4) is 0 Å². The number of Topliss-reactive ketones (excluding diaryl/α,β-unsaturated/α-hetero) is 1. The number of fused-ring (bicyclic) bond motifs is 5. The molecule has 0 amide bonds. The Morgan fingerprint density at radius 2 is 2.00 bits per heavy atom. The van der Waals surface area contributed by atoms with Gasteiger partial charge >= 0.3 is 0 Å². The molecule has 0 saturated heterocycles. The maximum atomic E-state index is 13.0. The van der Waals surface area contributed by atoms with Crippen LogP contribution in [-0.4, -0.2) is 11.6 Å². The van der Waals surface area contributed by atoms with Gasteiger partial charge in [-0.3, -0.25) is 9.59 Å². The lowest BCUT2D eigenvalue weighted by Crippen LogP contribution is -2.49. The molecule has 0 radical (unpaired) electrons. The molecule has 1 aromatic rings. The number of carbonyl (C=O) groups excluding carboxylic acids is 2. The molecule has 0 N–H and O–H groups in total. The largest absolute Gasteiger partial charge is 0.472 e. The van der Waals surface area contributed by atoms with E-state index in [4.69, 9.17) is 4.42 Å². The molecule has 136 valence electrons. The van der Waals surface area contributed by atoms with Crippen molar-refractivity contribution < 1.29 is 14.0 Å². The lowest BCUT2D eigenvalue weighted by atomic mass is 9.47. The molecule has 0 aromatic carbocycles. The Labute approximate surface area is 154 Å². The van der Waals surface area contributed by atoms with Crippen LogP contribution in [0, 0.1) is 28.6 Å². The van der Waals surface area contributed by atoms with Crippen LogP contribution in [0.25, 0.3) is 0 Å². The van der Waals surface area contributed by atoms with Crippen molar-refractivity contribution >= 4 is 11.6 Å².